The third-order valence-corrected chi connectivity index (χ3v) is 5.28. The summed E-state index contributed by atoms with van der Waals surface area (Å²) in [6, 6.07) is 10.9. The van der Waals surface area contributed by atoms with Crippen molar-refractivity contribution in [2.45, 2.75) is 39.2 Å². The van der Waals surface area contributed by atoms with Gasteiger partial charge in [-0.15, -0.1) is 0 Å². The van der Waals surface area contributed by atoms with Gasteiger partial charge in [-0.1, -0.05) is 0 Å². The van der Waals surface area contributed by atoms with Gasteiger partial charge in [-0.2, -0.15) is 0 Å². The summed E-state index contributed by atoms with van der Waals surface area (Å²) in [7, 11) is 0. The second-order valence-electron chi connectivity index (χ2n) is 7.08. The van der Waals surface area contributed by atoms with Gasteiger partial charge >= 0.3 is 0 Å². The van der Waals surface area contributed by atoms with Crippen LogP contribution in [0.15, 0.2) is 47.1 Å². The molecule has 1 aromatic carbocycles. The van der Waals surface area contributed by atoms with E-state index in [1.54, 1.807) is 6.92 Å². The maximum absolute atomic E-state index is 11.5. The van der Waals surface area contributed by atoms with Gasteiger partial charge in [0, 0.05) is 48.0 Å². The molecule has 0 unspecified atom stereocenters. The van der Waals surface area contributed by atoms with Gasteiger partial charge in [0.1, 0.15) is 11.3 Å². The monoisotopic (exact) mass is 336 g/mol. The summed E-state index contributed by atoms with van der Waals surface area (Å²) < 4.78 is 7.99. The number of rotatable bonds is 5. The van der Waals surface area contributed by atoms with Gasteiger partial charge in [0.05, 0.1) is 0 Å². The standard InChI is InChI=1S/C21H24N2O2/c1-15-4-3-9-22(15)11-8-20-13-18-12-19(5-6-21(18)25-20)23-10-7-17(14-23)16(2)24/h5-7,10,12-15H,3-4,8-9,11H2,1-2H3/t15-/m1/s1. The molecule has 1 aliphatic rings. The molecule has 1 atom stereocenters. The molecule has 0 amide bonds. The van der Waals surface area contributed by atoms with Gasteiger partial charge < -0.3 is 13.9 Å². The quantitative estimate of drug-likeness (QED) is 0.646. The Bertz CT molecular complexity index is 906. The minimum absolute atomic E-state index is 0.0848. The lowest BCUT2D eigenvalue weighted by atomic mass is 10.2. The summed E-state index contributed by atoms with van der Waals surface area (Å²) in [5.41, 5.74) is 2.69. The third kappa shape index (κ3) is 3.27. The van der Waals surface area contributed by atoms with Crippen LogP contribution in [0.3, 0.4) is 0 Å². The molecular formula is C21H24N2O2. The molecule has 1 fully saturated rings. The van der Waals surface area contributed by atoms with E-state index >= 15 is 0 Å². The Morgan fingerprint density at radius 2 is 2.16 bits per heavy atom. The minimum Gasteiger partial charge on any atom is -0.461 e. The Kier molecular flexibility index (Phi) is 4.22. The van der Waals surface area contributed by atoms with Gasteiger partial charge in [0.15, 0.2) is 5.78 Å². The summed E-state index contributed by atoms with van der Waals surface area (Å²) in [5.74, 6) is 1.13. The molecule has 0 aliphatic carbocycles. The zero-order valence-corrected chi connectivity index (χ0v) is 14.9. The number of fused-ring (bicyclic) bond motifs is 1. The number of hydrogen-bond acceptors (Lipinski definition) is 3. The van der Waals surface area contributed by atoms with E-state index in [4.69, 9.17) is 4.42 Å². The third-order valence-electron chi connectivity index (χ3n) is 5.28. The molecule has 0 N–H and O–H groups in total. The van der Waals surface area contributed by atoms with Crippen LogP contribution in [0.2, 0.25) is 0 Å². The van der Waals surface area contributed by atoms with Gasteiger partial charge in [-0.25, -0.2) is 0 Å². The number of carbonyl (C=O) groups excluding carboxylic acids is 1. The maximum Gasteiger partial charge on any atom is 0.161 e. The molecule has 4 nitrogen and oxygen atoms in total. The van der Waals surface area contributed by atoms with Crippen molar-refractivity contribution in [2.75, 3.05) is 13.1 Å². The number of benzene rings is 1. The molecular weight excluding hydrogens is 312 g/mol. The number of hydrogen-bond donors (Lipinski definition) is 0. The highest BCUT2D eigenvalue weighted by Crippen LogP contribution is 2.24. The average molecular weight is 336 g/mol. The molecule has 1 aliphatic heterocycles. The van der Waals surface area contributed by atoms with Crippen molar-refractivity contribution < 1.29 is 9.21 Å². The van der Waals surface area contributed by atoms with Crippen LogP contribution < -0.4 is 0 Å². The molecule has 3 aromatic rings. The Morgan fingerprint density at radius 3 is 2.88 bits per heavy atom. The first-order valence-corrected chi connectivity index (χ1v) is 9.06. The highest BCUT2D eigenvalue weighted by Gasteiger charge is 2.20. The Morgan fingerprint density at radius 1 is 1.28 bits per heavy atom. The number of likely N-dealkylation sites (tertiary alicyclic amines) is 1. The van der Waals surface area contributed by atoms with Gasteiger partial charge in [-0.05, 0) is 63.6 Å². The largest absolute Gasteiger partial charge is 0.461 e. The number of aromatic nitrogens is 1. The van der Waals surface area contributed by atoms with Crippen LogP contribution in [-0.4, -0.2) is 34.4 Å². The van der Waals surface area contributed by atoms with Crippen LogP contribution in [0.25, 0.3) is 16.7 Å². The summed E-state index contributed by atoms with van der Waals surface area (Å²) in [6.07, 6.45) is 7.37. The summed E-state index contributed by atoms with van der Waals surface area (Å²) >= 11 is 0. The topological polar surface area (TPSA) is 38.4 Å². The Balaban J connectivity index is 1.53. The number of carbonyl (C=O) groups is 1. The van der Waals surface area contributed by atoms with E-state index in [2.05, 4.69) is 24.0 Å². The smallest absolute Gasteiger partial charge is 0.161 e. The normalized spacial score (nSPS) is 18.2. The summed E-state index contributed by atoms with van der Waals surface area (Å²) in [5, 5.41) is 1.11. The summed E-state index contributed by atoms with van der Waals surface area (Å²) in [6.45, 7) is 6.17. The SMILES string of the molecule is CC(=O)c1ccn(-c2ccc3oc(CCN4CCC[C@H]4C)cc3c2)c1. The minimum atomic E-state index is 0.0848. The lowest BCUT2D eigenvalue weighted by Crippen LogP contribution is -2.28. The lowest BCUT2D eigenvalue weighted by molar-refractivity contribution is 0.101. The predicted molar refractivity (Wildman–Crippen MR) is 99.5 cm³/mol. The van der Waals surface area contributed by atoms with Gasteiger partial charge in [0.25, 0.3) is 0 Å². The van der Waals surface area contributed by atoms with Crippen LogP contribution in [0, 0.1) is 0 Å². The van der Waals surface area contributed by atoms with Crippen molar-refractivity contribution in [1.82, 2.24) is 9.47 Å². The molecule has 0 saturated carbocycles. The van der Waals surface area contributed by atoms with Crippen LogP contribution in [-0.2, 0) is 6.42 Å². The van der Waals surface area contributed by atoms with E-state index in [-0.39, 0.29) is 5.78 Å². The van der Waals surface area contributed by atoms with Gasteiger partial charge in [-0.3, -0.25) is 4.79 Å². The first-order valence-electron chi connectivity index (χ1n) is 9.06. The highest BCUT2D eigenvalue weighted by atomic mass is 16.3. The summed E-state index contributed by atoms with van der Waals surface area (Å²) in [4.78, 5) is 14.0. The molecule has 130 valence electrons. The van der Waals surface area contributed by atoms with E-state index < -0.39 is 0 Å². The maximum atomic E-state index is 11.5. The fourth-order valence-corrected chi connectivity index (χ4v) is 3.71. The van der Waals surface area contributed by atoms with Crippen LogP contribution in [0.4, 0.5) is 0 Å². The van der Waals surface area contributed by atoms with Crippen molar-refractivity contribution in [1.29, 1.82) is 0 Å². The molecule has 4 heteroatoms. The van der Waals surface area contributed by atoms with E-state index in [0.29, 0.717) is 6.04 Å². The predicted octanol–water partition coefficient (Wildman–Crippen LogP) is 4.45. The Labute approximate surface area is 148 Å². The fourth-order valence-electron chi connectivity index (χ4n) is 3.71. The molecule has 3 heterocycles. The average Bonchev–Trinajstić information content (AvgIpc) is 3.31. The van der Waals surface area contributed by atoms with Crippen molar-refractivity contribution in [2.24, 2.45) is 0 Å². The first kappa shape index (κ1) is 16.2. The number of ketones is 1. The number of furan rings is 1. The first-order chi connectivity index (χ1) is 12.1. The molecule has 4 rings (SSSR count). The van der Waals surface area contributed by atoms with Crippen molar-refractivity contribution >= 4 is 16.8 Å². The van der Waals surface area contributed by atoms with E-state index in [1.807, 2.05) is 35.2 Å². The fraction of sp³-hybridized carbons (Fsp3) is 0.381. The van der Waals surface area contributed by atoms with Gasteiger partial charge in [0.2, 0.25) is 0 Å². The van der Waals surface area contributed by atoms with Crippen LogP contribution in [0.1, 0.15) is 42.8 Å². The van der Waals surface area contributed by atoms with E-state index in [1.165, 1.54) is 19.4 Å². The molecule has 0 bridgehead atoms. The van der Waals surface area contributed by atoms with Crippen LogP contribution >= 0.6 is 0 Å². The molecule has 2 aromatic heterocycles. The number of nitrogens with zero attached hydrogens (tertiary/aromatic N) is 2. The van der Waals surface area contributed by atoms with E-state index in [9.17, 15) is 4.79 Å². The second kappa shape index (κ2) is 6.52. The Hall–Kier alpha value is -2.33. The zero-order valence-electron chi connectivity index (χ0n) is 14.9. The lowest BCUT2D eigenvalue weighted by Gasteiger charge is -2.19. The highest BCUT2D eigenvalue weighted by molar-refractivity contribution is 5.94. The molecule has 1 saturated heterocycles. The van der Waals surface area contributed by atoms with E-state index in [0.717, 1.165) is 40.9 Å². The van der Waals surface area contributed by atoms with Crippen molar-refractivity contribution in [3.8, 4) is 5.69 Å². The van der Waals surface area contributed by atoms with Crippen molar-refractivity contribution in [3.63, 3.8) is 0 Å². The van der Waals surface area contributed by atoms with Crippen molar-refractivity contribution in [3.05, 3.63) is 54.0 Å². The molecule has 25 heavy (non-hydrogen) atoms. The molecule has 0 radical (unpaired) electrons. The molecule has 0 spiro atoms. The second-order valence-corrected chi connectivity index (χ2v) is 7.08. The zero-order chi connectivity index (χ0) is 17.4. The number of Topliss-reactive ketones (excluding diaryl/α,β-unsaturated/α-hetero) is 1. The van der Waals surface area contributed by atoms with Crippen LogP contribution in [0.5, 0.6) is 0 Å².